The third-order valence-electron chi connectivity index (χ3n) is 6.83. The molecule has 0 aromatic rings. The number of ether oxygens (including phenoxy) is 2. The maximum absolute atomic E-state index is 11.5. The molecule has 0 amide bonds. The van der Waals surface area contributed by atoms with Gasteiger partial charge in [-0.25, -0.2) is 0 Å². The monoisotopic (exact) mass is 362 g/mol. The molecule has 0 radical (unpaired) electrons. The van der Waals surface area contributed by atoms with Crippen LogP contribution in [-0.2, 0) is 14.3 Å². The maximum Gasteiger partial charge on any atom is 0.303 e. The Hall–Kier alpha value is -1.13. The second-order valence-corrected chi connectivity index (χ2v) is 9.15. The fourth-order valence-electron chi connectivity index (χ4n) is 5.46. The number of aliphatic hydroxyl groups is 1. The highest BCUT2D eigenvalue weighted by molar-refractivity contribution is 5.66. The first-order chi connectivity index (χ1) is 12.1. The minimum absolute atomic E-state index is 0.00191. The van der Waals surface area contributed by atoms with Crippen LogP contribution < -0.4 is 0 Å². The molecule has 0 aromatic heterocycles. The van der Waals surface area contributed by atoms with Crippen LogP contribution in [0.25, 0.3) is 0 Å². The second-order valence-electron chi connectivity index (χ2n) is 9.15. The Morgan fingerprint density at radius 3 is 2.77 bits per heavy atom. The average molecular weight is 363 g/mol. The van der Waals surface area contributed by atoms with Gasteiger partial charge < -0.3 is 14.6 Å². The van der Waals surface area contributed by atoms with Crippen LogP contribution in [0.3, 0.4) is 0 Å². The van der Waals surface area contributed by atoms with Crippen molar-refractivity contribution in [2.75, 3.05) is 0 Å². The van der Waals surface area contributed by atoms with E-state index in [2.05, 4.69) is 33.4 Å². The van der Waals surface area contributed by atoms with Gasteiger partial charge in [0.15, 0.2) is 0 Å². The Morgan fingerprint density at radius 1 is 1.46 bits per heavy atom. The van der Waals surface area contributed by atoms with Crippen molar-refractivity contribution in [3.8, 4) is 0 Å². The number of hydrogen-bond acceptors (Lipinski definition) is 4. The van der Waals surface area contributed by atoms with Crippen molar-refractivity contribution in [2.24, 2.45) is 23.7 Å². The SMILES string of the molecule is C=C1C[C@H]2O[C@H]([C@H]3[C@@H]2C(C)=CC[C@@H]3C(C)C)[C@](C)(O)CC[C@@H]1OC(C)=O. The van der Waals surface area contributed by atoms with Gasteiger partial charge in [-0.2, -0.15) is 0 Å². The first-order valence-electron chi connectivity index (χ1n) is 10.0. The van der Waals surface area contributed by atoms with Crippen LogP contribution in [0.1, 0.15) is 60.3 Å². The molecular weight excluding hydrogens is 328 g/mol. The van der Waals surface area contributed by atoms with E-state index in [-0.39, 0.29) is 24.3 Å². The van der Waals surface area contributed by atoms with Crippen LogP contribution in [0.15, 0.2) is 23.8 Å². The number of carbonyl (C=O) groups excluding carboxylic acids is 1. The van der Waals surface area contributed by atoms with Crippen molar-refractivity contribution in [1.29, 1.82) is 0 Å². The average Bonchev–Trinajstić information content (AvgIpc) is 2.92. The third-order valence-corrected chi connectivity index (χ3v) is 6.83. The summed E-state index contributed by atoms with van der Waals surface area (Å²) in [5.41, 5.74) is 1.33. The molecule has 2 heterocycles. The molecule has 1 aliphatic carbocycles. The lowest BCUT2D eigenvalue weighted by atomic mass is 9.62. The summed E-state index contributed by atoms with van der Waals surface area (Å²) in [5, 5.41) is 11.3. The summed E-state index contributed by atoms with van der Waals surface area (Å²) in [6, 6.07) is 0. The summed E-state index contributed by atoms with van der Waals surface area (Å²) in [4.78, 5) is 11.5. The second kappa shape index (κ2) is 7.12. The highest BCUT2D eigenvalue weighted by Gasteiger charge is 2.56. The van der Waals surface area contributed by atoms with Crippen LogP contribution in [0, 0.1) is 23.7 Å². The predicted molar refractivity (Wildman–Crippen MR) is 102 cm³/mol. The van der Waals surface area contributed by atoms with Gasteiger partial charge in [0.05, 0.1) is 17.8 Å². The Balaban J connectivity index is 1.97. The fourth-order valence-corrected chi connectivity index (χ4v) is 5.46. The number of carbonyl (C=O) groups is 1. The fraction of sp³-hybridized carbons (Fsp3) is 0.773. The zero-order valence-electron chi connectivity index (χ0n) is 16.8. The molecule has 1 N–H and O–H groups in total. The lowest BCUT2D eigenvalue weighted by molar-refractivity contribution is -0.146. The molecule has 0 aromatic carbocycles. The Morgan fingerprint density at radius 2 is 2.15 bits per heavy atom. The van der Waals surface area contributed by atoms with E-state index in [1.807, 2.05) is 6.92 Å². The van der Waals surface area contributed by atoms with Gasteiger partial charge in [-0.15, -0.1) is 0 Å². The molecule has 0 spiro atoms. The summed E-state index contributed by atoms with van der Waals surface area (Å²) in [5.74, 6) is 1.40. The molecule has 26 heavy (non-hydrogen) atoms. The van der Waals surface area contributed by atoms with E-state index in [9.17, 15) is 9.90 Å². The molecule has 146 valence electrons. The van der Waals surface area contributed by atoms with Crippen LogP contribution in [0.5, 0.6) is 0 Å². The molecule has 3 aliphatic rings. The minimum atomic E-state index is -0.939. The molecule has 0 unspecified atom stereocenters. The highest BCUT2D eigenvalue weighted by Crippen LogP contribution is 2.53. The quantitative estimate of drug-likeness (QED) is 0.595. The smallest absolute Gasteiger partial charge is 0.303 e. The van der Waals surface area contributed by atoms with Crippen molar-refractivity contribution >= 4 is 5.97 Å². The summed E-state index contributed by atoms with van der Waals surface area (Å²) in [6.07, 6.45) is 4.71. The molecule has 3 rings (SSSR count). The first-order valence-corrected chi connectivity index (χ1v) is 10.0. The lowest BCUT2D eigenvalue weighted by Crippen LogP contribution is -2.48. The Kier molecular flexibility index (Phi) is 5.38. The van der Waals surface area contributed by atoms with Crippen LogP contribution in [-0.4, -0.2) is 35.0 Å². The molecule has 2 aliphatic heterocycles. The van der Waals surface area contributed by atoms with E-state index in [0.29, 0.717) is 42.9 Å². The summed E-state index contributed by atoms with van der Waals surface area (Å²) >= 11 is 0. The Labute approximate surface area is 157 Å². The lowest BCUT2D eigenvalue weighted by Gasteiger charge is -2.42. The Bertz CT molecular complexity index is 603. The number of rotatable bonds is 2. The van der Waals surface area contributed by atoms with E-state index in [1.165, 1.54) is 12.5 Å². The minimum Gasteiger partial charge on any atom is -0.458 e. The van der Waals surface area contributed by atoms with E-state index in [4.69, 9.17) is 9.47 Å². The van der Waals surface area contributed by atoms with Crippen molar-refractivity contribution in [3.05, 3.63) is 23.8 Å². The molecule has 7 atom stereocenters. The van der Waals surface area contributed by atoms with Gasteiger partial charge in [-0.05, 0) is 56.9 Å². The van der Waals surface area contributed by atoms with Gasteiger partial charge in [0.25, 0.3) is 0 Å². The van der Waals surface area contributed by atoms with Crippen molar-refractivity contribution in [3.63, 3.8) is 0 Å². The van der Waals surface area contributed by atoms with Crippen molar-refractivity contribution < 1.29 is 19.4 Å². The molecule has 2 bridgehead atoms. The molecule has 4 nitrogen and oxygen atoms in total. The predicted octanol–water partition coefficient (Wildman–Crippen LogP) is 4.03. The van der Waals surface area contributed by atoms with Crippen LogP contribution in [0.2, 0.25) is 0 Å². The largest absolute Gasteiger partial charge is 0.458 e. The third kappa shape index (κ3) is 3.50. The maximum atomic E-state index is 11.5. The van der Waals surface area contributed by atoms with Gasteiger partial charge in [0.2, 0.25) is 0 Å². The summed E-state index contributed by atoms with van der Waals surface area (Å²) in [6.45, 7) is 14.3. The highest BCUT2D eigenvalue weighted by atomic mass is 16.5. The van der Waals surface area contributed by atoms with Gasteiger partial charge in [-0.1, -0.05) is 32.1 Å². The standard InChI is InChI=1S/C22H34O4/c1-12(2)16-8-7-13(3)19-18-11-14(4)17(25-15(5)23)9-10-22(6,24)21(26-18)20(16)19/h7,12,16-21,24H,4,8-11H2,1-3,5-6H3/t16-,17+,18-,19-,20-,21-,22-/m1/s1. The molecule has 2 saturated heterocycles. The molecular formula is C22H34O4. The van der Waals surface area contributed by atoms with Crippen LogP contribution in [0.4, 0.5) is 0 Å². The van der Waals surface area contributed by atoms with Gasteiger partial charge in [0.1, 0.15) is 6.10 Å². The normalized spacial score (nSPS) is 43.2. The zero-order chi connectivity index (χ0) is 19.2. The molecule has 0 saturated carbocycles. The van der Waals surface area contributed by atoms with Crippen molar-refractivity contribution in [1.82, 2.24) is 0 Å². The number of hydrogen-bond donors (Lipinski definition) is 1. The zero-order valence-corrected chi connectivity index (χ0v) is 16.8. The number of fused-ring (bicyclic) bond motifs is 5. The number of allylic oxidation sites excluding steroid dienone is 1. The molecule has 2 fully saturated rings. The first kappa shape index (κ1) is 19.6. The van der Waals surface area contributed by atoms with E-state index in [0.717, 1.165) is 12.0 Å². The van der Waals surface area contributed by atoms with Gasteiger partial charge in [0, 0.05) is 18.8 Å². The number of esters is 1. The van der Waals surface area contributed by atoms with Crippen LogP contribution >= 0.6 is 0 Å². The van der Waals surface area contributed by atoms with Crippen molar-refractivity contribution in [2.45, 2.75) is 84.2 Å². The van der Waals surface area contributed by atoms with E-state index < -0.39 is 5.60 Å². The topological polar surface area (TPSA) is 55.8 Å². The molecule has 4 heteroatoms. The van der Waals surface area contributed by atoms with E-state index in [1.54, 1.807) is 0 Å². The summed E-state index contributed by atoms with van der Waals surface area (Å²) < 4.78 is 12.0. The summed E-state index contributed by atoms with van der Waals surface area (Å²) in [7, 11) is 0. The van der Waals surface area contributed by atoms with Gasteiger partial charge in [-0.3, -0.25) is 4.79 Å². The van der Waals surface area contributed by atoms with E-state index >= 15 is 0 Å². The van der Waals surface area contributed by atoms with Gasteiger partial charge >= 0.3 is 5.97 Å².